The number of nitrogens with two attached hydrogens (primary N) is 1. The summed E-state index contributed by atoms with van der Waals surface area (Å²) in [7, 11) is 0. The van der Waals surface area contributed by atoms with Gasteiger partial charge in [-0.25, -0.2) is 4.98 Å². The predicted molar refractivity (Wildman–Crippen MR) is 70.0 cm³/mol. The van der Waals surface area contributed by atoms with E-state index < -0.39 is 0 Å². The second-order valence-corrected chi connectivity index (χ2v) is 5.74. The van der Waals surface area contributed by atoms with Crippen molar-refractivity contribution in [3.8, 4) is 0 Å². The Kier molecular flexibility index (Phi) is 4.14. The van der Waals surface area contributed by atoms with E-state index in [0.717, 1.165) is 28.3 Å². The molecule has 2 N–H and O–H groups in total. The summed E-state index contributed by atoms with van der Waals surface area (Å²) >= 11 is 3.40. The summed E-state index contributed by atoms with van der Waals surface area (Å²) in [5.74, 6) is 1.73. The fourth-order valence-corrected chi connectivity index (χ4v) is 3.34. The van der Waals surface area contributed by atoms with Gasteiger partial charge in [-0.05, 0) is 13.8 Å². The number of aromatic nitrogens is 4. The lowest BCUT2D eigenvalue weighted by molar-refractivity contribution is 0.643. The molecule has 2 aromatic heterocycles. The number of nitrogens with zero attached hydrogens (tertiary/aromatic N) is 4. The zero-order chi connectivity index (χ0) is 12.3. The number of hydrogen-bond acceptors (Lipinski definition) is 6. The van der Waals surface area contributed by atoms with Crippen LogP contribution < -0.4 is 5.73 Å². The quantitative estimate of drug-likeness (QED) is 0.838. The van der Waals surface area contributed by atoms with Crippen LogP contribution >= 0.6 is 23.1 Å². The minimum Gasteiger partial charge on any atom is -0.324 e. The summed E-state index contributed by atoms with van der Waals surface area (Å²) in [5, 5.41) is 10.3. The molecule has 0 atom stereocenters. The molecule has 0 amide bonds. The number of thiazole rings is 1. The molecular weight excluding hydrogens is 254 g/mol. The smallest absolute Gasteiger partial charge is 0.191 e. The van der Waals surface area contributed by atoms with Gasteiger partial charge in [0.15, 0.2) is 5.16 Å². The molecule has 0 aliphatic rings. The maximum atomic E-state index is 5.61. The summed E-state index contributed by atoms with van der Waals surface area (Å²) in [4.78, 5) is 5.49. The van der Waals surface area contributed by atoms with Gasteiger partial charge in [0.1, 0.15) is 5.82 Å². The number of hydrogen-bond donors (Lipinski definition) is 1. The van der Waals surface area contributed by atoms with Crippen LogP contribution in [0.15, 0.2) is 11.4 Å². The monoisotopic (exact) mass is 269 g/mol. The predicted octanol–water partition coefficient (Wildman–Crippen LogP) is 1.81. The van der Waals surface area contributed by atoms with E-state index in [0.29, 0.717) is 6.54 Å². The van der Waals surface area contributed by atoms with Crippen molar-refractivity contribution < 1.29 is 0 Å². The topological polar surface area (TPSA) is 69.6 Å². The molecule has 0 radical (unpaired) electrons. The van der Waals surface area contributed by atoms with E-state index in [1.54, 1.807) is 23.1 Å². The van der Waals surface area contributed by atoms with E-state index in [-0.39, 0.29) is 0 Å². The average molecular weight is 269 g/mol. The summed E-state index contributed by atoms with van der Waals surface area (Å²) in [6.07, 6.45) is 1.92. The Balaban J connectivity index is 2.06. The molecule has 0 spiro atoms. The standard InChI is InChI=1S/C10H15N5S2/c1-3-15-9(4-11)13-14-10(15)16-6-8-5-12-7(2)17-8/h5H,3-4,6,11H2,1-2H3. The van der Waals surface area contributed by atoms with Gasteiger partial charge < -0.3 is 10.3 Å². The molecule has 0 aromatic carbocycles. The van der Waals surface area contributed by atoms with E-state index in [1.807, 2.05) is 13.1 Å². The van der Waals surface area contributed by atoms with Crippen molar-refractivity contribution in [3.63, 3.8) is 0 Å². The van der Waals surface area contributed by atoms with Crippen LogP contribution in [-0.4, -0.2) is 19.7 Å². The fraction of sp³-hybridized carbons (Fsp3) is 0.500. The normalized spacial score (nSPS) is 11.0. The lowest BCUT2D eigenvalue weighted by atomic mass is 10.6. The van der Waals surface area contributed by atoms with E-state index >= 15 is 0 Å². The second kappa shape index (κ2) is 5.61. The van der Waals surface area contributed by atoms with E-state index in [2.05, 4.69) is 26.7 Å². The van der Waals surface area contributed by atoms with Gasteiger partial charge in [0.25, 0.3) is 0 Å². The molecule has 2 aromatic rings. The molecule has 0 saturated carbocycles. The molecule has 0 aliphatic heterocycles. The first-order valence-corrected chi connectivity index (χ1v) is 7.21. The maximum Gasteiger partial charge on any atom is 0.191 e. The molecule has 7 heteroatoms. The molecule has 5 nitrogen and oxygen atoms in total. The molecule has 0 aliphatic carbocycles. The highest BCUT2D eigenvalue weighted by atomic mass is 32.2. The van der Waals surface area contributed by atoms with Crippen molar-refractivity contribution >= 4 is 23.1 Å². The Bertz CT molecular complexity index is 491. The van der Waals surface area contributed by atoms with Crippen LogP contribution in [0.4, 0.5) is 0 Å². The highest BCUT2D eigenvalue weighted by Crippen LogP contribution is 2.24. The van der Waals surface area contributed by atoms with Crippen molar-refractivity contribution in [1.29, 1.82) is 0 Å². The van der Waals surface area contributed by atoms with E-state index in [1.165, 1.54) is 4.88 Å². The van der Waals surface area contributed by atoms with Gasteiger partial charge in [-0.3, -0.25) is 0 Å². The van der Waals surface area contributed by atoms with Crippen molar-refractivity contribution in [3.05, 3.63) is 21.9 Å². The molecule has 2 rings (SSSR count). The third kappa shape index (κ3) is 2.85. The first kappa shape index (κ1) is 12.5. The van der Waals surface area contributed by atoms with Crippen LogP contribution in [-0.2, 0) is 18.8 Å². The van der Waals surface area contributed by atoms with Gasteiger partial charge in [-0.15, -0.1) is 21.5 Å². The van der Waals surface area contributed by atoms with Crippen LogP contribution in [0.3, 0.4) is 0 Å². The number of aryl methyl sites for hydroxylation is 1. The highest BCUT2D eigenvalue weighted by molar-refractivity contribution is 7.98. The van der Waals surface area contributed by atoms with Crippen LogP contribution in [0.5, 0.6) is 0 Å². The zero-order valence-corrected chi connectivity index (χ0v) is 11.5. The molecule has 17 heavy (non-hydrogen) atoms. The Labute approximate surface area is 108 Å². The van der Waals surface area contributed by atoms with Gasteiger partial charge in [0.2, 0.25) is 0 Å². The third-order valence-corrected chi connectivity index (χ3v) is 4.42. The lowest BCUT2D eigenvalue weighted by Crippen LogP contribution is -2.07. The first-order valence-electron chi connectivity index (χ1n) is 5.40. The fourth-order valence-electron chi connectivity index (χ4n) is 1.50. The molecule has 2 heterocycles. The molecular formula is C10H15N5S2. The Hall–Kier alpha value is -0.920. The SMILES string of the molecule is CCn1c(CN)nnc1SCc1cnc(C)s1. The zero-order valence-electron chi connectivity index (χ0n) is 9.88. The molecule has 0 fully saturated rings. The van der Waals surface area contributed by atoms with Gasteiger partial charge in [0, 0.05) is 23.4 Å². The van der Waals surface area contributed by atoms with Gasteiger partial charge >= 0.3 is 0 Å². The van der Waals surface area contributed by atoms with Crippen LogP contribution in [0.25, 0.3) is 0 Å². The highest BCUT2D eigenvalue weighted by Gasteiger charge is 2.10. The van der Waals surface area contributed by atoms with Gasteiger partial charge in [-0.1, -0.05) is 11.8 Å². The van der Waals surface area contributed by atoms with Crippen molar-refractivity contribution in [1.82, 2.24) is 19.7 Å². The summed E-state index contributed by atoms with van der Waals surface area (Å²) in [5.41, 5.74) is 5.61. The largest absolute Gasteiger partial charge is 0.324 e. The van der Waals surface area contributed by atoms with Crippen LogP contribution in [0.2, 0.25) is 0 Å². The van der Waals surface area contributed by atoms with Crippen molar-refractivity contribution in [2.75, 3.05) is 0 Å². The van der Waals surface area contributed by atoms with Crippen LogP contribution in [0, 0.1) is 6.92 Å². The summed E-state index contributed by atoms with van der Waals surface area (Å²) in [6.45, 7) is 5.37. The van der Waals surface area contributed by atoms with Gasteiger partial charge in [-0.2, -0.15) is 0 Å². The summed E-state index contributed by atoms with van der Waals surface area (Å²) < 4.78 is 2.05. The first-order chi connectivity index (χ1) is 8.24. The average Bonchev–Trinajstić information content (AvgIpc) is 2.91. The molecule has 0 unspecified atom stereocenters. The van der Waals surface area contributed by atoms with Crippen molar-refractivity contribution in [2.24, 2.45) is 5.73 Å². The number of rotatable bonds is 5. The molecule has 0 saturated heterocycles. The molecule has 92 valence electrons. The Morgan fingerprint density at radius 2 is 2.29 bits per heavy atom. The van der Waals surface area contributed by atoms with E-state index in [4.69, 9.17) is 5.73 Å². The maximum absolute atomic E-state index is 5.61. The van der Waals surface area contributed by atoms with Crippen LogP contribution in [0.1, 0.15) is 22.6 Å². The summed E-state index contributed by atoms with van der Waals surface area (Å²) in [6, 6.07) is 0. The van der Waals surface area contributed by atoms with E-state index in [9.17, 15) is 0 Å². The second-order valence-electron chi connectivity index (χ2n) is 3.48. The molecule has 0 bridgehead atoms. The lowest BCUT2D eigenvalue weighted by Gasteiger charge is -2.04. The third-order valence-electron chi connectivity index (χ3n) is 2.30. The Morgan fingerprint density at radius 1 is 1.47 bits per heavy atom. The minimum absolute atomic E-state index is 0.432. The minimum atomic E-state index is 0.432. The van der Waals surface area contributed by atoms with Crippen molar-refractivity contribution in [2.45, 2.75) is 37.8 Å². The Morgan fingerprint density at radius 3 is 2.88 bits per heavy atom. The van der Waals surface area contributed by atoms with Gasteiger partial charge in [0.05, 0.1) is 11.6 Å². The number of thioether (sulfide) groups is 1.